The van der Waals surface area contributed by atoms with Crippen molar-refractivity contribution >= 4 is 23.4 Å². The van der Waals surface area contributed by atoms with Crippen LogP contribution in [0.25, 0.3) is 0 Å². The van der Waals surface area contributed by atoms with Gasteiger partial charge in [0.05, 0.1) is 23.0 Å². The molecule has 0 saturated heterocycles. The van der Waals surface area contributed by atoms with Gasteiger partial charge in [-0.15, -0.1) is 0 Å². The third kappa shape index (κ3) is 4.40. The summed E-state index contributed by atoms with van der Waals surface area (Å²) in [6.45, 7) is 3.22. The van der Waals surface area contributed by atoms with Gasteiger partial charge in [-0.25, -0.2) is 0 Å². The van der Waals surface area contributed by atoms with Gasteiger partial charge in [0.1, 0.15) is 0 Å². The lowest BCUT2D eigenvalue weighted by Gasteiger charge is -2.25. The number of nitrogens with zero attached hydrogens (tertiary/aromatic N) is 2. The van der Waals surface area contributed by atoms with Gasteiger partial charge < -0.3 is 5.32 Å². The van der Waals surface area contributed by atoms with Crippen molar-refractivity contribution < 1.29 is 0 Å². The number of hydrogen-bond donors (Lipinski definition) is 1. The monoisotopic (exact) mass is 315 g/mol. The smallest absolute Gasteiger partial charge is 0.0834 e. The van der Waals surface area contributed by atoms with Crippen LogP contribution < -0.4 is 5.32 Å². The molecule has 1 saturated carbocycles. The zero-order valence-electron chi connectivity index (χ0n) is 12.6. The highest BCUT2D eigenvalue weighted by molar-refractivity contribution is 7.99. The number of thioether (sulfide) groups is 1. The van der Waals surface area contributed by atoms with Crippen molar-refractivity contribution in [2.45, 2.75) is 56.7 Å². The number of rotatable bonds is 7. The Bertz CT molecular complexity index is 382. The molecule has 0 spiro atoms. The Morgan fingerprint density at radius 1 is 1.45 bits per heavy atom. The first-order valence-electron chi connectivity index (χ1n) is 7.74. The lowest BCUT2D eigenvalue weighted by Crippen LogP contribution is -2.27. The molecule has 1 aromatic heterocycles. The lowest BCUT2D eigenvalue weighted by molar-refractivity contribution is 0.509. The summed E-state index contributed by atoms with van der Waals surface area (Å²) in [5, 5.41) is 9.52. The van der Waals surface area contributed by atoms with Crippen LogP contribution in [0.2, 0.25) is 5.02 Å². The standard InChI is InChI=1S/C15H26ClN3S/c1-3-9-17-14(15-13(16)10-18-19(15)2)11-20-12-7-5-4-6-8-12/h10,12,14,17H,3-9,11H2,1-2H3. The van der Waals surface area contributed by atoms with E-state index in [4.69, 9.17) is 11.6 Å². The molecular formula is C15H26ClN3S. The van der Waals surface area contributed by atoms with Crippen molar-refractivity contribution in [2.75, 3.05) is 12.3 Å². The van der Waals surface area contributed by atoms with E-state index < -0.39 is 0 Å². The quantitative estimate of drug-likeness (QED) is 0.818. The van der Waals surface area contributed by atoms with Gasteiger partial charge in [-0.1, -0.05) is 37.8 Å². The van der Waals surface area contributed by atoms with E-state index in [1.54, 1.807) is 6.20 Å². The minimum atomic E-state index is 0.307. The average Bonchev–Trinajstić information content (AvgIpc) is 2.80. The van der Waals surface area contributed by atoms with Crippen LogP contribution in [0.15, 0.2) is 6.20 Å². The molecule has 0 bridgehead atoms. The summed E-state index contributed by atoms with van der Waals surface area (Å²) < 4.78 is 1.91. The Morgan fingerprint density at radius 2 is 2.20 bits per heavy atom. The molecule has 1 aliphatic rings. The number of nitrogens with one attached hydrogen (secondary N) is 1. The van der Waals surface area contributed by atoms with Crippen LogP contribution >= 0.6 is 23.4 Å². The minimum Gasteiger partial charge on any atom is -0.308 e. The minimum absolute atomic E-state index is 0.307. The summed E-state index contributed by atoms with van der Waals surface area (Å²) in [7, 11) is 1.98. The van der Waals surface area contributed by atoms with Crippen molar-refractivity contribution in [3.05, 3.63) is 16.9 Å². The molecular weight excluding hydrogens is 290 g/mol. The molecule has 0 aliphatic heterocycles. The largest absolute Gasteiger partial charge is 0.308 e. The third-order valence-electron chi connectivity index (χ3n) is 3.96. The van der Waals surface area contributed by atoms with Crippen LogP contribution in [0, 0.1) is 0 Å². The normalized spacial score (nSPS) is 18.4. The predicted molar refractivity (Wildman–Crippen MR) is 88.6 cm³/mol. The molecule has 1 N–H and O–H groups in total. The van der Waals surface area contributed by atoms with E-state index in [1.807, 2.05) is 11.7 Å². The fourth-order valence-electron chi connectivity index (χ4n) is 2.83. The summed E-state index contributed by atoms with van der Waals surface area (Å²) in [4.78, 5) is 0. The Labute approximate surface area is 131 Å². The molecule has 2 rings (SSSR count). The SMILES string of the molecule is CCCNC(CSC1CCCCC1)c1c(Cl)cnn1C. The predicted octanol–water partition coefficient (Wildman–Crippen LogP) is 4.18. The van der Waals surface area contributed by atoms with E-state index in [0.717, 1.165) is 34.7 Å². The maximum atomic E-state index is 6.31. The fraction of sp³-hybridized carbons (Fsp3) is 0.800. The highest BCUT2D eigenvalue weighted by Crippen LogP contribution is 2.32. The van der Waals surface area contributed by atoms with Crippen molar-refractivity contribution in [1.29, 1.82) is 0 Å². The van der Waals surface area contributed by atoms with Crippen LogP contribution in [0.4, 0.5) is 0 Å². The molecule has 5 heteroatoms. The molecule has 3 nitrogen and oxygen atoms in total. The van der Waals surface area contributed by atoms with Crippen LogP contribution in [0.1, 0.15) is 57.2 Å². The number of aromatic nitrogens is 2. The van der Waals surface area contributed by atoms with Crippen LogP contribution in [-0.2, 0) is 7.05 Å². The molecule has 1 unspecified atom stereocenters. The number of halogens is 1. The van der Waals surface area contributed by atoms with Gasteiger partial charge in [0.25, 0.3) is 0 Å². The zero-order valence-corrected chi connectivity index (χ0v) is 14.1. The molecule has 1 heterocycles. The van der Waals surface area contributed by atoms with E-state index >= 15 is 0 Å². The van der Waals surface area contributed by atoms with E-state index in [-0.39, 0.29) is 0 Å². The molecule has 0 radical (unpaired) electrons. The van der Waals surface area contributed by atoms with Crippen LogP contribution in [0.3, 0.4) is 0 Å². The second-order valence-electron chi connectivity index (χ2n) is 5.60. The molecule has 1 atom stereocenters. The summed E-state index contributed by atoms with van der Waals surface area (Å²) in [5.41, 5.74) is 1.13. The highest BCUT2D eigenvalue weighted by Gasteiger charge is 2.21. The zero-order chi connectivity index (χ0) is 14.4. The van der Waals surface area contributed by atoms with Crippen molar-refractivity contribution in [2.24, 2.45) is 7.05 Å². The highest BCUT2D eigenvalue weighted by atomic mass is 35.5. The van der Waals surface area contributed by atoms with Gasteiger partial charge in [-0.3, -0.25) is 4.68 Å². The maximum Gasteiger partial charge on any atom is 0.0834 e. The molecule has 0 aromatic carbocycles. The van der Waals surface area contributed by atoms with Gasteiger partial charge in [0.15, 0.2) is 0 Å². The van der Waals surface area contributed by atoms with Gasteiger partial charge in [0, 0.05) is 18.1 Å². The Kier molecular flexibility index (Phi) is 6.72. The van der Waals surface area contributed by atoms with E-state index in [1.165, 1.54) is 32.1 Å². The van der Waals surface area contributed by atoms with Gasteiger partial charge in [-0.2, -0.15) is 16.9 Å². The summed E-state index contributed by atoms with van der Waals surface area (Å²) in [6.07, 6.45) is 9.87. The van der Waals surface area contributed by atoms with Crippen molar-refractivity contribution in [3.63, 3.8) is 0 Å². The van der Waals surface area contributed by atoms with E-state index in [2.05, 4.69) is 29.1 Å². The third-order valence-corrected chi connectivity index (χ3v) is 5.72. The Balaban J connectivity index is 1.96. The van der Waals surface area contributed by atoms with Crippen LogP contribution in [-0.4, -0.2) is 27.3 Å². The first-order valence-corrected chi connectivity index (χ1v) is 9.17. The first-order chi connectivity index (χ1) is 9.72. The van der Waals surface area contributed by atoms with Gasteiger partial charge in [0.2, 0.25) is 0 Å². The van der Waals surface area contributed by atoms with Crippen molar-refractivity contribution in [1.82, 2.24) is 15.1 Å². The second-order valence-corrected chi connectivity index (χ2v) is 7.34. The summed E-state index contributed by atoms with van der Waals surface area (Å²) in [6, 6.07) is 0.307. The van der Waals surface area contributed by atoms with E-state index in [9.17, 15) is 0 Å². The van der Waals surface area contributed by atoms with Gasteiger partial charge in [-0.05, 0) is 25.8 Å². The average molecular weight is 316 g/mol. The lowest BCUT2D eigenvalue weighted by atomic mass is 10.0. The Morgan fingerprint density at radius 3 is 2.80 bits per heavy atom. The molecule has 1 fully saturated rings. The molecule has 0 amide bonds. The Hall–Kier alpha value is -0.190. The van der Waals surface area contributed by atoms with E-state index in [0.29, 0.717) is 6.04 Å². The molecule has 114 valence electrons. The second kappa shape index (κ2) is 8.30. The molecule has 1 aromatic rings. The fourth-order valence-corrected chi connectivity index (χ4v) is 4.53. The van der Waals surface area contributed by atoms with Crippen LogP contribution in [0.5, 0.6) is 0 Å². The summed E-state index contributed by atoms with van der Waals surface area (Å²) in [5.74, 6) is 1.09. The van der Waals surface area contributed by atoms with Crippen molar-refractivity contribution in [3.8, 4) is 0 Å². The number of hydrogen-bond acceptors (Lipinski definition) is 3. The van der Waals surface area contributed by atoms with Gasteiger partial charge >= 0.3 is 0 Å². The maximum absolute atomic E-state index is 6.31. The topological polar surface area (TPSA) is 29.9 Å². The number of aryl methyl sites for hydroxylation is 1. The molecule has 1 aliphatic carbocycles. The first kappa shape index (κ1) is 16.2. The summed E-state index contributed by atoms with van der Waals surface area (Å²) >= 11 is 8.42. The molecule has 20 heavy (non-hydrogen) atoms.